The van der Waals surface area contributed by atoms with E-state index in [1.807, 2.05) is 4.68 Å². The van der Waals surface area contributed by atoms with Gasteiger partial charge in [0.25, 0.3) is 0 Å². The van der Waals surface area contributed by atoms with Gasteiger partial charge in [0.05, 0.1) is 12.2 Å². The second-order valence-corrected chi connectivity index (χ2v) is 4.74. The molecule has 1 N–H and O–H groups in total. The maximum absolute atomic E-state index is 9.84. The van der Waals surface area contributed by atoms with Crippen LogP contribution < -0.4 is 0 Å². The molecule has 2 saturated carbocycles. The molecule has 16 heavy (non-hydrogen) atoms. The fourth-order valence-electron chi connectivity index (χ4n) is 2.04. The molecule has 2 aliphatic rings. The van der Waals surface area contributed by atoms with E-state index >= 15 is 0 Å². The monoisotopic (exact) mass is 216 g/mol. The van der Waals surface area contributed by atoms with Crippen molar-refractivity contribution in [2.75, 3.05) is 0 Å². The van der Waals surface area contributed by atoms with E-state index < -0.39 is 0 Å². The van der Waals surface area contributed by atoms with E-state index in [9.17, 15) is 5.11 Å². The van der Waals surface area contributed by atoms with Gasteiger partial charge in [0, 0.05) is 5.92 Å². The highest BCUT2D eigenvalue weighted by molar-refractivity contribution is 5.80. The van der Waals surface area contributed by atoms with E-state index in [-0.39, 0.29) is 5.88 Å². The summed E-state index contributed by atoms with van der Waals surface area (Å²) in [6.45, 7) is 0. The average molecular weight is 216 g/mol. The minimum absolute atomic E-state index is 0.0822. The van der Waals surface area contributed by atoms with Crippen LogP contribution in [-0.2, 0) is 0 Å². The van der Waals surface area contributed by atoms with Gasteiger partial charge in [-0.15, -0.1) is 0 Å². The Hall–Kier alpha value is -1.65. The molecule has 0 radical (unpaired) electrons. The Morgan fingerprint density at radius 1 is 1.19 bits per heavy atom. The Balaban J connectivity index is 1.96. The van der Waals surface area contributed by atoms with Gasteiger partial charge in [0.15, 0.2) is 5.65 Å². The second kappa shape index (κ2) is 2.72. The normalized spacial score (nSPS) is 20.5. The predicted octanol–water partition coefficient (Wildman–Crippen LogP) is 1.74. The first-order valence-electron chi connectivity index (χ1n) is 5.77. The molecule has 0 aliphatic heterocycles. The SMILES string of the molecule is Oc1nc(C2CC2)nc2c1cnn2C1CC1. The zero-order valence-corrected chi connectivity index (χ0v) is 8.80. The summed E-state index contributed by atoms with van der Waals surface area (Å²) in [5.74, 6) is 1.32. The Bertz CT molecular complexity index is 569. The molecule has 82 valence electrons. The topological polar surface area (TPSA) is 63.8 Å². The number of rotatable bonds is 2. The molecule has 5 heteroatoms. The van der Waals surface area contributed by atoms with Crippen LogP contribution in [0.3, 0.4) is 0 Å². The first kappa shape index (κ1) is 8.50. The van der Waals surface area contributed by atoms with Crippen molar-refractivity contribution in [1.82, 2.24) is 19.7 Å². The van der Waals surface area contributed by atoms with Gasteiger partial charge in [-0.1, -0.05) is 0 Å². The van der Waals surface area contributed by atoms with E-state index in [4.69, 9.17) is 0 Å². The first-order valence-corrected chi connectivity index (χ1v) is 5.77. The van der Waals surface area contributed by atoms with E-state index in [1.165, 1.54) is 12.8 Å². The molecule has 0 aromatic carbocycles. The summed E-state index contributed by atoms with van der Waals surface area (Å²) in [6.07, 6.45) is 6.28. The van der Waals surface area contributed by atoms with E-state index in [0.717, 1.165) is 24.3 Å². The lowest BCUT2D eigenvalue weighted by molar-refractivity contribution is 0.456. The van der Waals surface area contributed by atoms with E-state index in [2.05, 4.69) is 15.1 Å². The number of hydrogen-bond acceptors (Lipinski definition) is 4. The lowest BCUT2D eigenvalue weighted by Crippen LogP contribution is -2.00. The minimum Gasteiger partial charge on any atom is -0.493 e. The molecule has 2 aliphatic carbocycles. The molecule has 0 atom stereocenters. The van der Waals surface area contributed by atoms with Gasteiger partial charge in [-0.3, -0.25) is 0 Å². The molecule has 2 aromatic heterocycles. The molecule has 2 aromatic rings. The zero-order chi connectivity index (χ0) is 10.7. The average Bonchev–Trinajstić information content (AvgIpc) is 3.16. The summed E-state index contributed by atoms with van der Waals surface area (Å²) < 4.78 is 1.93. The van der Waals surface area contributed by atoms with Gasteiger partial charge in [-0.25, -0.2) is 9.67 Å². The van der Waals surface area contributed by atoms with Gasteiger partial charge in [-0.2, -0.15) is 10.1 Å². The van der Waals surface area contributed by atoms with Crippen LogP contribution in [0.2, 0.25) is 0 Å². The summed E-state index contributed by atoms with van der Waals surface area (Å²) >= 11 is 0. The third kappa shape index (κ3) is 1.14. The van der Waals surface area contributed by atoms with Crippen LogP contribution in [0.15, 0.2) is 6.20 Å². The number of aromatic hydroxyl groups is 1. The van der Waals surface area contributed by atoms with Crippen LogP contribution in [0.4, 0.5) is 0 Å². The van der Waals surface area contributed by atoms with Crippen LogP contribution in [0.5, 0.6) is 5.88 Å². The molecule has 0 unspecified atom stereocenters. The lowest BCUT2D eigenvalue weighted by atomic mass is 10.3. The van der Waals surface area contributed by atoms with E-state index in [1.54, 1.807) is 6.20 Å². The van der Waals surface area contributed by atoms with Crippen molar-refractivity contribution < 1.29 is 5.11 Å². The van der Waals surface area contributed by atoms with Crippen molar-refractivity contribution in [2.24, 2.45) is 0 Å². The Kier molecular flexibility index (Phi) is 1.45. The maximum atomic E-state index is 9.84. The molecule has 0 amide bonds. The van der Waals surface area contributed by atoms with Crippen LogP contribution >= 0.6 is 0 Å². The van der Waals surface area contributed by atoms with Crippen molar-refractivity contribution in [2.45, 2.75) is 37.6 Å². The fourth-order valence-corrected chi connectivity index (χ4v) is 2.04. The molecule has 0 spiro atoms. The summed E-state index contributed by atoms with van der Waals surface area (Å²) in [5, 5.41) is 14.8. The minimum atomic E-state index is 0.0822. The predicted molar refractivity (Wildman–Crippen MR) is 57.2 cm³/mol. The Morgan fingerprint density at radius 3 is 2.69 bits per heavy atom. The van der Waals surface area contributed by atoms with Crippen molar-refractivity contribution >= 4 is 11.0 Å². The quantitative estimate of drug-likeness (QED) is 0.830. The van der Waals surface area contributed by atoms with Crippen LogP contribution in [-0.4, -0.2) is 24.9 Å². The third-order valence-corrected chi connectivity index (χ3v) is 3.29. The molecule has 5 nitrogen and oxygen atoms in total. The second-order valence-electron chi connectivity index (χ2n) is 4.74. The molecule has 2 heterocycles. The van der Waals surface area contributed by atoms with Crippen LogP contribution in [0.1, 0.15) is 43.5 Å². The fraction of sp³-hybridized carbons (Fsp3) is 0.545. The van der Waals surface area contributed by atoms with Crippen LogP contribution in [0.25, 0.3) is 11.0 Å². The standard InChI is InChI=1S/C11H12N4O/c16-11-8-5-12-15(7-3-4-7)10(8)13-9(14-11)6-1-2-6/h5-7H,1-4H2,(H,13,14,16). The van der Waals surface area contributed by atoms with Crippen LogP contribution in [0, 0.1) is 0 Å². The smallest absolute Gasteiger partial charge is 0.225 e. The summed E-state index contributed by atoms with van der Waals surface area (Å²) in [6, 6.07) is 0.485. The molecule has 0 saturated heterocycles. The summed E-state index contributed by atoms with van der Waals surface area (Å²) in [4.78, 5) is 8.70. The third-order valence-electron chi connectivity index (χ3n) is 3.29. The highest BCUT2D eigenvalue weighted by Crippen LogP contribution is 2.41. The molecular formula is C11H12N4O. The Morgan fingerprint density at radius 2 is 2.00 bits per heavy atom. The van der Waals surface area contributed by atoms with Crippen molar-refractivity contribution in [3.05, 3.63) is 12.0 Å². The maximum Gasteiger partial charge on any atom is 0.225 e. The zero-order valence-electron chi connectivity index (χ0n) is 8.80. The van der Waals surface area contributed by atoms with Crippen molar-refractivity contribution in [3.63, 3.8) is 0 Å². The largest absolute Gasteiger partial charge is 0.493 e. The van der Waals surface area contributed by atoms with Gasteiger partial charge in [0.1, 0.15) is 11.2 Å². The summed E-state index contributed by atoms with van der Waals surface area (Å²) in [7, 11) is 0. The number of nitrogens with zero attached hydrogens (tertiary/aromatic N) is 4. The highest BCUT2D eigenvalue weighted by atomic mass is 16.3. The number of fused-ring (bicyclic) bond motifs is 1. The first-order chi connectivity index (χ1) is 7.83. The van der Waals surface area contributed by atoms with Crippen molar-refractivity contribution in [1.29, 1.82) is 0 Å². The summed E-state index contributed by atoms with van der Waals surface area (Å²) in [5.41, 5.74) is 0.803. The Labute approximate surface area is 92.1 Å². The molecule has 4 rings (SSSR count). The van der Waals surface area contributed by atoms with Gasteiger partial charge in [0.2, 0.25) is 5.88 Å². The highest BCUT2D eigenvalue weighted by Gasteiger charge is 2.31. The van der Waals surface area contributed by atoms with E-state index in [0.29, 0.717) is 17.3 Å². The van der Waals surface area contributed by atoms with Gasteiger partial charge < -0.3 is 5.11 Å². The molecule has 2 fully saturated rings. The van der Waals surface area contributed by atoms with Crippen molar-refractivity contribution in [3.8, 4) is 5.88 Å². The van der Waals surface area contributed by atoms with Gasteiger partial charge >= 0.3 is 0 Å². The van der Waals surface area contributed by atoms with Gasteiger partial charge in [-0.05, 0) is 25.7 Å². The molecular weight excluding hydrogens is 204 g/mol. The number of aromatic nitrogens is 4. The number of hydrogen-bond donors (Lipinski definition) is 1. The molecule has 0 bridgehead atoms. The lowest BCUT2D eigenvalue weighted by Gasteiger charge is -2.02.